The average molecular weight is 222 g/mol. The van der Waals surface area contributed by atoms with Crippen molar-refractivity contribution in [1.82, 2.24) is 0 Å². The predicted octanol–water partition coefficient (Wildman–Crippen LogP) is 2.69. The van der Waals surface area contributed by atoms with E-state index in [2.05, 4.69) is 0 Å². The van der Waals surface area contributed by atoms with Gasteiger partial charge < -0.3 is 9.47 Å². The maximum absolute atomic E-state index is 11.7. The predicted molar refractivity (Wildman–Crippen MR) is 63.1 cm³/mol. The second-order valence-corrected chi connectivity index (χ2v) is 3.33. The van der Waals surface area contributed by atoms with E-state index >= 15 is 0 Å². The molecule has 0 aromatic heterocycles. The van der Waals surface area contributed by atoms with Crippen molar-refractivity contribution in [2.24, 2.45) is 0 Å². The molecule has 0 amide bonds. The van der Waals surface area contributed by atoms with Gasteiger partial charge in [-0.05, 0) is 26.0 Å². The molecule has 1 aromatic carbocycles. The number of ketones is 1. The van der Waals surface area contributed by atoms with Crippen LogP contribution in [0.1, 0.15) is 30.6 Å². The lowest BCUT2D eigenvalue weighted by Crippen LogP contribution is -2.05. The first-order valence-electron chi connectivity index (χ1n) is 5.61. The molecule has 0 aliphatic rings. The average Bonchev–Trinajstić information content (AvgIpc) is 2.30. The van der Waals surface area contributed by atoms with Crippen LogP contribution in [-0.2, 0) is 4.74 Å². The maximum atomic E-state index is 11.7. The van der Waals surface area contributed by atoms with Crippen LogP contribution in [0.15, 0.2) is 24.3 Å². The molecule has 0 radical (unpaired) electrons. The highest BCUT2D eigenvalue weighted by atomic mass is 16.5. The Morgan fingerprint density at radius 1 is 1.25 bits per heavy atom. The van der Waals surface area contributed by atoms with Gasteiger partial charge in [-0.2, -0.15) is 0 Å². The van der Waals surface area contributed by atoms with Gasteiger partial charge in [-0.15, -0.1) is 0 Å². The third-order valence-corrected chi connectivity index (χ3v) is 2.14. The number of hydrogen-bond donors (Lipinski definition) is 0. The van der Waals surface area contributed by atoms with Crippen LogP contribution < -0.4 is 4.74 Å². The van der Waals surface area contributed by atoms with E-state index in [9.17, 15) is 4.79 Å². The number of carbonyl (C=O) groups is 1. The van der Waals surface area contributed by atoms with Crippen molar-refractivity contribution in [3.05, 3.63) is 29.8 Å². The number of ether oxygens (including phenoxy) is 2. The van der Waals surface area contributed by atoms with Crippen molar-refractivity contribution >= 4 is 5.78 Å². The van der Waals surface area contributed by atoms with Crippen LogP contribution in [0.4, 0.5) is 0 Å². The first-order chi connectivity index (χ1) is 7.77. The molecule has 0 bridgehead atoms. The highest BCUT2D eigenvalue weighted by Gasteiger charge is 2.06. The second kappa shape index (κ2) is 7.01. The van der Waals surface area contributed by atoms with Gasteiger partial charge in [0.15, 0.2) is 5.78 Å². The van der Waals surface area contributed by atoms with Gasteiger partial charge in [-0.3, -0.25) is 4.79 Å². The van der Waals surface area contributed by atoms with Crippen LogP contribution in [-0.4, -0.2) is 25.6 Å². The van der Waals surface area contributed by atoms with Crippen LogP contribution >= 0.6 is 0 Å². The zero-order valence-electron chi connectivity index (χ0n) is 9.86. The third kappa shape index (κ3) is 4.03. The molecule has 1 rings (SSSR count). The Hall–Kier alpha value is -1.35. The number of benzene rings is 1. The quantitative estimate of drug-likeness (QED) is 0.525. The molecule has 0 heterocycles. The largest absolute Gasteiger partial charge is 0.494 e. The van der Waals surface area contributed by atoms with Crippen LogP contribution in [0.2, 0.25) is 0 Å². The van der Waals surface area contributed by atoms with Crippen LogP contribution in [0, 0.1) is 0 Å². The summed E-state index contributed by atoms with van der Waals surface area (Å²) in [6, 6.07) is 7.26. The molecule has 0 fully saturated rings. The van der Waals surface area contributed by atoms with Gasteiger partial charge in [0.2, 0.25) is 0 Å². The van der Waals surface area contributed by atoms with Crippen molar-refractivity contribution in [2.75, 3.05) is 19.8 Å². The summed E-state index contributed by atoms with van der Waals surface area (Å²) in [5.74, 6) is 0.833. The van der Waals surface area contributed by atoms with E-state index in [-0.39, 0.29) is 5.78 Å². The summed E-state index contributed by atoms with van der Waals surface area (Å²) in [6.45, 7) is 5.57. The normalized spacial score (nSPS) is 10.1. The van der Waals surface area contributed by atoms with E-state index in [1.54, 1.807) is 12.1 Å². The van der Waals surface area contributed by atoms with Crippen LogP contribution in [0.3, 0.4) is 0 Å². The standard InChI is InChI=1S/C13H18O3/c1-3-15-9-8-13(14)11-6-5-7-12(10-11)16-4-2/h5-7,10H,3-4,8-9H2,1-2H3. The Balaban J connectivity index is 2.57. The fourth-order valence-corrected chi connectivity index (χ4v) is 1.38. The number of Topliss-reactive ketones (excluding diaryl/α,β-unsaturated/α-hetero) is 1. The molecule has 3 heteroatoms. The molecule has 0 spiro atoms. The van der Waals surface area contributed by atoms with Gasteiger partial charge in [-0.1, -0.05) is 12.1 Å². The molecule has 1 aromatic rings. The molecule has 88 valence electrons. The lowest BCUT2D eigenvalue weighted by atomic mass is 10.1. The second-order valence-electron chi connectivity index (χ2n) is 3.33. The van der Waals surface area contributed by atoms with E-state index in [0.717, 1.165) is 5.75 Å². The van der Waals surface area contributed by atoms with E-state index in [1.165, 1.54) is 0 Å². The summed E-state index contributed by atoms with van der Waals surface area (Å²) >= 11 is 0. The molecule has 0 saturated carbocycles. The van der Waals surface area contributed by atoms with Gasteiger partial charge in [-0.25, -0.2) is 0 Å². The minimum absolute atomic E-state index is 0.0926. The van der Waals surface area contributed by atoms with Crippen LogP contribution in [0.25, 0.3) is 0 Å². The van der Waals surface area contributed by atoms with Gasteiger partial charge in [0, 0.05) is 18.6 Å². The molecule has 0 aliphatic carbocycles. The van der Waals surface area contributed by atoms with Crippen molar-refractivity contribution in [3.63, 3.8) is 0 Å². The van der Waals surface area contributed by atoms with Gasteiger partial charge in [0.25, 0.3) is 0 Å². The smallest absolute Gasteiger partial charge is 0.165 e. The Labute approximate surface area is 96.4 Å². The summed E-state index contributed by atoms with van der Waals surface area (Å²) in [6.07, 6.45) is 0.420. The Kier molecular flexibility index (Phi) is 5.57. The van der Waals surface area contributed by atoms with E-state index in [4.69, 9.17) is 9.47 Å². The number of carbonyl (C=O) groups excluding carboxylic acids is 1. The van der Waals surface area contributed by atoms with Gasteiger partial charge in [0.1, 0.15) is 5.75 Å². The first-order valence-corrected chi connectivity index (χ1v) is 5.61. The van der Waals surface area contributed by atoms with E-state index < -0.39 is 0 Å². The van der Waals surface area contributed by atoms with Crippen molar-refractivity contribution < 1.29 is 14.3 Å². The molecule has 0 N–H and O–H groups in total. The highest BCUT2D eigenvalue weighted by molar-refractivity contribution is 5.96. The molecule has 0 aliphatic heterocycles. The minimum atomic E-state index is 0.0926. The maximum Gasteiger partial charge on any atom is 0.165 e. The lowest BCUT2D eigenvalue weighted by molar-refractivity contribution is 0.0895. The summed E-state index contributed by atoms with van der Waals surface area (Å²) in [4.78, 5) is 11.7. The zero-order valence-corrected chi connectivity index (χ0v) is 9.86. The van der Waals surface area contributed by atoms with Crippen molar-refractivity contribution in [2.45, 2.75) is 20.3 Å². The Morgan fingerprint density at radius 3 is 2.75 bits per heavy atom. The highest BCUT2D eigenvalue weighted by Crippen LogP contribution is 2.14. The molecule has 3 nitrogen and oxygen atoms in total. The SMILES string of the molecule is CCOCCC(=O)c1cccc(OCC)c1. The zero-order chi connectivity index (χ0) is 11.8. The van der Waals surface area contributed by atoms with Gasteiger partial charge >= 0.3 is 0 Å². The molecular formula is C13H18O3. The fraction of sp³-hybridized carbons (Fsp3) is 0.462. The van der Waals surface area contributed by atoms with Gasteiger partial charge in [0.05, 0.1) is 13.2 Å². The number of hydrogen-bond acceptors (Lipinski definition) is 3. The Bertz CT molecular complexity index is 334. The molecule has 16 heavy (non-hydrogen) atoms. The third-order valence-electron chi connectivity index (χ3n) is 2.14. The van der Waals surface area contributed by atoms with Crippen LogP contribution in [0.5, 0.6) is 5.75 Å². The minimum Gasteiger partial charge on any atom is -0.494 e. The topological polar surface area (TPSA) is 35.5 Å². The number of rotatable bonds is 7. The molecule has 0 unspecified atom stereocenters. The van der Waals surface area contributed by atoms with Crippen molar-refractivity contribution in [1.29, 1.82) is 0 Å². The molecule has 0 saturated heterocycles. The fourth-order valence-electron chi connectivity index (χ4n) is 1.38. The van der Waals surface area contributed by atoms with Crippen molar-refractivity contribution in [3.8, 4) is 5.75 Å². The Morgan fingerprint density at radius 2 is 2.06 bits per heavy atom. The van der Waals surface area contributed by atoms with E-state index in [0.29, 0.717) is 31.8 Å². The summed E-state index contributed by atoms with van der Waals surface area (Å²) in [5.41, 5.74) is 0.686. The first kappa shape index (κ1) is 12.7. The van der Waals surface area contributed by atoms with E-state index in [1.807, 2.05) is 26.0 Å². The monoisotopic (exact) mass is 222 g/mol. The summed E-state index contributed by atoms with van der Waals surface area (Å²) < 4.78 is 10.5. The molecular weight excluding hydrogens is 204 g/mol. The summed E-state index contributed by atoms with van der Waals surface area (Å²) in [7, 11) is 0. The lowest BCUT2D eigenvalue weighted by Gasteiger charge is -2.05. The molecule has 0 atom stereocenters. The summed E-state index contributed by atoms with van der Waals surface area (Å²) in [5, 5.41) is 0.